The maximum Gasteiger partial charge on any atom is 0.326 e. The number of hydrogen-bond acceptors (Lipinski definition) is 5. The summed E-state index contributed by atoms with van der Waals surface area (Å²) in [5.41, 5.74) is 0.958. The van der Waals surface area contributed by atoms with Crippen LogP contribution in [0.25, 0.3) is 10.9 Å². The lowest BCUT2D eigenvalue weighted by Crippen LogP contribution is -2.53. The zero-order valence-corrected chi connectivity index (χ0v) is 20.9. The Morgan fingerprint density at radius 2 is 1.91 bits per heavy atom. The summed E-state index contributed by atoms with van der Waals surface area (Å²) in [5.74, 6) is -2.02. The summed E-state index contributed by atoms with van der Waals surface area (Å²) in [6.45, 7) is 0.575. The highest BCUT2D eigenvalue weighted by Crippen LogP contribution is 2.34. The fraction of sp³-hybridized carbons (Fsp3) is 0.500. The number of halogens is 1. The molecule has 10 nitrogen and oxygen atoms in total. The van der Waals surface area contributed by atoms with E-state index in [2.05, 4.69) is 36.9 Å². The van der Waals surface area contributed by atoms with E-state index in [1.165, 1.54) is 0 Å². The fourth-order valence-electron chi connectivity index (χ4n) is 4.46. The molecule has 3 amide bonds. The SMILES string of the molecule is COc1cc(Br)cc2[nH]c(C(=O)NC(CC3CC3)C(=O)NC(CC3CCCNC3=O)C(=O)O)cc12. The number of methoxy groups -OCH3 is 1. The van der Waals surface area contributed by atoms with Crippen LogP contribution in [0.4, 0.5) is 0 Å². The molecule has 1 aliphatic carbocycles. The third-order valence-electron chi connectivity index (χ3n) is 6.55. The average Bonchev–Trinajstić information content (AvgIpc) is 3.54. The van der Waals surface area contributed by atoms with Gasteiger partial charge in [-0.2, -0.15) is 0 Å². The first kappa shape index (κ1) is 25.0. The number of benzene rings is 1. The zero-order valence-electron chi connectivity index (χ0n) is 19.4. The molecule has 0 radical (unpaired) electrons. The number of carboxylic acid groups (broad SMARTS) is 1. The van der Waals surface area contributed by atoms with Crippen LogP contribution in [-0.2, 0) is 14.4 Å². The summed E-state index contributed by atoms with van der Waals surface area (Å²) in [6, 6.07) is 3.16. The van der Waals surface area contributed by atoms with Crippen molar-refractivity contribution in [2.75, 3.05) is 13.7 Å². The molecule has 1 saturated heterocycles. The number of nitrogens with one attached hydrogen (secondary N) is 4. The molecule has 3 atom stereocenters. The summed E-state index contributed by atoms with van der Waals surface area (Å²) in [4.78, 5) is 53.1. The minimum Gasteiger partial charge on any atom is -0.496 e. The Morgan fingerprint density at radius 3 is 2.57 bits per heavy atom. The number of hydrogen-bond donors (Lipinski definition) is 5. The molecule has 2 heterocycles. The monoisotopic (exact) mass is 548 g/mol. The zero-order chi connectivity index (χ0) is 25.1. The first-order chi connectivity index (χ1) is 16.7. The summed E-state index contributed by atoms with van der Waals surface area (Å²) in [5, 5.41) is 18.5. The molecule has 11 heteroatoms. The molecule has 1 aromatic carbocycles. The minimum absolute atomic E-state index is 0.00763. The van der Waals surface area contributed by atoms with Gasteiger partial charge in [-0.05, 0) is 49.8 Å². The lowest BCUT2D eigenvalue weighted by Gasteiger charge is -2.26. The average molecular weight is 549 g/mol. The van der Waals surface area contributed by atoms with Crippen molar-refractivity contribution in [2.24, 2.45) is 11.8 Å². The van der Waals surface area contributed by atoms with E-state index in [0.29, 0.717) is 36.6 Å². The van der Waals surface area contributed by atoms with Gasteiger partial charge in [0, 0.05) is 22.3 Å². The molecule has 0 spiro atoms. The number of piperidine rings is 1. The van der Waals surface area contributed by atoms with Gasteiger partial charge in [-0.25, -0.2) is 4.79 Å². The minimum atomic E-state index is -1.22. The van der Waals surface area contributed by atoms with E-state index in [4.69, 9.17) is 4.74 Å². The summed E-state index contributed by atoms with van der Waals surface area (Å²) < 4.78 is 6.17. The first-order valence-corrected chi connectivity index (χ1v) is 12.5. The number of aromatic amines is 1. The van der Waals surface area contributed by atoms with Crippen LogP contribution >= 0.6 is 15.9 Å². The largest absolute Gasteiger partial charge is 0.496 e. The Hall–Kier alpha value is -3.08. The van der Waals surface area contributed by atoms with Gasteiger partial charge in [-0.1, -0.05) is 28.8 Å². The Bertz CT molecular complexity index is 1140. The van der Waals surface area contributed by atoms with Crippen LogP contribution in [0.2, 0.25) is 0 Å². The van der Waals surface area contributed by atoms with Crippen LogP contribution in [0.15, 0.2) is 22.7 Å². The summed E-state index contributed by atoms with van der Waals surface area (Å²) in [7, 11) is 1.54. The van der Waals surface area contributed by atoms with E-state index in [9.17, 15) is 24.3 Å². The fourth-order valence-corrected chi connectivity index (χ4v) is 4.89. The maximum absolute atomic E-state index is 13.1. The van der Waals surface area contributed by atoms with Crippen molar-refractivity contribution >= 4 is 50.5 Å². The second-order valence-corrected chi connectivity index (χ2v) is 10.1. The van der Waals surface area contributed by atoms with Gasteiger partial charge in [0.05, 0.1) is 12.6 Å². The lowest BCUT2D eigenvalue weighted by molar-refractivity contribution is -0.143. The standard InChI is InChI=1S/C24H29BrN4O6/c1-35-20-10-14(25)9-16-15(20)11-18(27-16)23(32)28-17(7-12-4-5-12)22(31)29-19(24(33)34)8-13-3-2-6-26-21(13)30/h9-13,17,19,27H,2-8H2,1H3,(H,26,30)(H,28,32)(H,29,31)(H,33,34). The van der Waals surface area contributed by atoms with E-state index >= 15 is 0 Å². The van der Waals surface area contributed by atoms with Crippen LogP contribution in [-0.4, -0.2) is 59.5 Å². The van der Waals surface area contributed by atoms with E-state index in [1.807, 2.05) is 6.07 Å². The molecule has 2 fully saturated rings. The Labute approximate surface area is 210 Å². The molecule has 4 rings (SSSR count). The van der Waals surface area contributed by atoms with Crippen molar-refractivity contribution in [1.29, 1.82) is 0 Å². The highest BCUT2D eigenvalue weighted by Gasteiger charge is 2.35. The molecule has 0 bridgehead atoms. The maximum atomic E-state index is 13.1. The number of aromatic nitrogens is 1. The summed E-state index contributed by atoms with van der Waals surface area (Å²) in [6.07, 6.45) is 3.69. The highest BCUT2D eigenvalue weighted by atomic mass is 79.9. The Balaban J connectivity index is 1.47. The number of aliphatic carboxylic acids is 1. The van der Waals surface area contributed by atoms with Gasteiger partial charge >= 0.3 is 5.97 Å². The molecule has 1 aliphatic heterocycles. The molecular weight excluding hydrogens is 520 g/mol. The van der Waals surface area contributed by atoms with Crippen LogP contribution in [0.1, 0.15) is 49.0 Å². The van der Waals surface area contributed by atoms with E-state index < -0.39 is 35.8 Å². The molecule has 1 saturated carbocycles. The van der Waals surface area contributed by atoms with E-state index in [1.54, 1.807) is 19.2 Å². The van der Waals surface area contributed by atoms with Gasteiger partial charge in [0.2, 0.25) is 11.8 Å². The first-order valence-electron chi connectivity index (χ1n) is 11.7. The van der Waals surface area contributed by atoms with Gasteiger partial charge < -0.3 is 30.8 Å². The van der Waals surface area contributed by atoms with Crippen molar-refractivity contribution < 1.29 is 29.0 Å². The van der Waals surface area contributed by atoms with Gasteiger partial charge in [0.25, 0.3) is 5.91 Å². The van der Waals surface area contributed by atoms with Crippen LogP contribution < -0.4 is 20.7 Å². The van der Waals surface area contributed by atoms with Crippen molar-refractivity contribution in [3.05, 3.63) is 28.4 Å². The lowest BCUT2D eigenvalue weighted by atomic mass is 9.91. The predicted octanol–water partition coefficient (Wildman–Crippen LogP) is 2.32. The van der Waals surface area contributed by atoms with Crippen molar-refractivity contribution in [2.45, 2.75) is 50.6 Å². The molecule has 2 aliphatic rings. The third kappa shape index (κ3) is 6.14. The predicted molar refractivity (Wildman–Crippen MR) is 131 cm³/mol. The number of amides is 3. The quantitative estimate of drug-likeness (QED) is 0.307. The number of carbonyl (C=O) groups is 4. The van der Waals surface area contributed by atoms with Gasteiger partial charge in [0.15, 0.2) is 0 Å². The Morgan fingerprint density at radius 1 is 1.14 bits per heavy atom. The van der Waals surface area contributed by atoms with Crippen LogP contribution in [0.3, 0.4) is 0 Å². The molecular formula is C24H29BrN4O6. The smallest absolute Gasteiger partial charge is 0.326 e. The number of rotatable bonds is 10. The normalized spacial score (nSPS) is 19.5. The third-order valence-corrected chi connectivity index (χ3v) is 7.01. The molecule has 3 unspecified atom stereocenters. The van der Waals surface area contributed by atoms with Crippen molar-refractivity contribution in [3.8, 4) is 5.75 Å². The summed E-state index contributed by atoms with van der Waals surface area (Å²) >= 11 is 3.41. The highest BCUT2D eigenvalue weighted by molar-refractivity contribution is 9.10. The topological polar surface area (TPSA) is 150 Å². The number of carbonyl (C=O) groups excluding carboxylic acids is 3. The van der Waals surface area contributed by atoms with E-state index in [0.717, 1.165) is 29.1 Å². The van der Waals surface area contributed by atoms with Gasteiger partial charge in [0.1, 0.15) is 23.5 Å². The number of ether oxygens (including phenoxy) is 1. The van der Waals surface area contributed by atoms with Gasteiger partial charge in [-0.15, -0.1) is 0 Å². The Kier molecular flexibility index (Phi) is 7.63. The molecule has 5 N–H and O–H groups in total. The van der Waals surface area contributed by atoms with Crippen molar-refractivity contribution in [3.63, 3.8) is 0 Å². The molecule has 35 heavy (non-hydrogen) atoms. The number of fused-ring (bicyclic) bond motifs is 1. The second kappa shape index (κ2) is 10.7. The van der Waals surface area contributed by atoms with Crippen LogP contribution in [0.5, 0.6) is 5.75 Å². The molecule has 1 aromatic heterocycles. The van der Waals surface area contributed by atoms with Gasteiger partial charge in [-0.3, -0.25) is 14.4 Å². The number of H-pyrrole nitrogens is 1. The second-order valence-electron chi connectivity index (χ2n) is 9.22. The molecule has 188 valence electrons. The van der Waals surface area contributed by atoms with E-state index in [-0.39, 0.29) is 18.0 Å². The molecule has 2 aromatic rings. The number of carboxylic acids is 1. The van der Waals surface area contributed by atoms with Crippen molar-refractivity contribution in [1.82, 2.24) is 20.9 Å². The van der Waals surface area contributed by atoms with Crippen LogP contribution in [0, 0.1) is 11.8 Å².